The third-order valence-corrected chi connectivity index (χ3v) is 5.65. The second kappa shape index (κ2) is 12.2. The zero-order valence-corrected chi connectivity index (χ0v) is 18.6. The van der Waals surface area contributed by atoms with Gasteiger partial charge in [0.2, 0.25) is 0 Å². The van der Waals surface area contributed by atoms with Crippen LogP contribution in [0.3, 0.4) is 0 Å². The lowest BCUT2D eigenvalue weighted by molar-refractivity contribution is 0.0128. The summed E-state index contributed by atoms with van der Waals surface area (Å²) in [7, 11) is 0. The van der Waals surface area contributed by atoms with Crippen molar-refractivity contribution >= 4 is 34.6 Å². The van der Waals surface area contributed by atoms with Gasteiger partial charge in [0.25, 0.3) is 0 Å². The summed E-state index contributed by atoms with van der Waals surface area (Å²) in [6.07, 6.45) is -1.99. The van der Waals surface area contributed by atoms with E-state index in [9.17, 15) is 19.8 Å². The van der Waals surface area contributed by atoms with Crippen LogP contribution in [0.2, 0.25) is 0 Å². The Labute approximate surface area is 192 Å². The normalized spacial score (nSPS) is 12.6. The Hall–Kier alpha value is -2.92. The summed E-state index contributed by atoms with van der Waals surface area (Å²) in [5.41, 5.74) is 0. The van der Waals surface area contributed by atoms with E-state index in [0.29, 0.717) is 21.3 Å². The zero-order chi connectivity index (χ0) is 22.8. The minimum atomic E-state index is -0.997. The second-order valence-electron chi connectivity index (χ2n) is 6.56. The number of hydrogen-bond donors (Lipinski definition) is 2. The Morgan fingerprint density at radius 3 is 1.59 bits per heavy atom. The number of aliphatic hydroxyl groups excluding tert-OH is 2. The minimum Gasteiger partial charge on any atom is -0.491 e. The number of aliphatic hydroxyl groups is 2. The predicted molar refractivity (Wildman–Crippen MR) is 119 cm³/mol. The van der Waals surface area contributed by atoms with E-state index in [4.69, 9.17) is 18.9 Å². The fourth-order valence-electron chi connectivity index (χ4n) is 2.41. The molecule has 0 aliphatic rings. The van der Waals surface area contributed by atoms with Gasteiger partial charge in [0.1, 0.15) is 59.9 Å². The first-order valence-electron chi connectivity index (χ1n) is 9.64. The summed E-state index contributed by atoms with van der Waals surface area (Å²) >= 11 is 2.52. The van der Waals surface area contributed by atoms with Crippen molar-refractivity contribution in [3.8, 4) is 11.5 Å². The Bertz CT molecular complexity index is 896. The van der Waals surface area contributed by atoms with E-state index in [1.165, 1.54) is 22.7 Å². The molecular weight excluding hydrogens is 456 g/mol. The molecule has 1 aromatic carbocycles. The van der Waals surface area contributed by atoms with E-state index < -0.39 is 24.1 Å². The molecule has 0 aliphatic heterocycles. The van der Waals surface area contributed by atoms with E-state index in [1.807, 2.05) is 0 Å². The van der Waals surface area contributed by atoms with Crippen LogP contribution in [-0.2, 0) is 9.47 Å². The molecule has 170 valence electrons. The van der Waals surface area contributed by atoms with Crippen molar-refractivity contribution in [3.63, 3.8) is 0 Å². The Morgan fingerprint density at radius 1 is 0.719 bits per heavy atom. The fourth-order valence-corrected chi connectivity index (χ4v) is 3.64. The van der Waals surface area contributed by atoms with Crippen molar-refractivity contribution in [1.82, 2.24) is 0 Å². The van der Waals surface area contributed by atoms with E-state index in [0.717, 1.165) is 0 Å². The summed E-state index contributed by atoms with van der Waals surface area (Å²) < 4.78 is 21.1. The molecule has 0 spiro atoms. The zero-order valence-electron chi connectivity index (χ0n) is 16.9. The maximum atomic E-state index is 11.8. The largest absolute Gasteiger partial charge is 0.491 e. The van der Waals surface area contributed by atoms with Crippen LogP contribution in [-0.4, -0.2) is 60.8 Å². The van der Waals surface area contributed by atoms with Gasteiger partial charge in [-0.2, -0.15) is 0 Å². The molecule has 0 fully saturated rings. The quantitative estimate of drug-likeness (QED) is 0.382. The predicted octanol–water partition coefficient (Wildman–Crippen LogP) is 3.00. The fraction of sp³-hybridized carbons (Fsp3) is 0.273. The molecule has 2 heterocycles. The number of ether oxygens (including phenoxy) is 4. The maximum absolute atomic E-state index is 11.8. The van der Waals surface area contributed by atoms with Gasteiger partial charge in [-0.15, -0.1) is 22.7 Å². The third kappa shape index (κ3) is 7.65. The topological polar surface area (TPSA) is 112 Å². The van der Waals surface area contributed by atoms with Crippen molar-refractivity contribution in [1.29, 1.82) is 0 Å². The molecule has 2 atom stereocenters. The van der Waals surface area contributed by atoms with Gasteiger partial charge in [-0.05, 0) is 35.0 Å². The average Bonchev–Trinajstić information content (AvgIpc) is 3.53. The molecule has 0 aliphatic carbocycles. The lowest BCUT2D eigenvalue weighted by Crippen LogP contribution is -2.25. The number of hydrogen-bond acceptors (Lipinski definition) is 10. The van der Waals surface area contributed by atoms with Crippen molar-refractivity contribution in [2.75, 3.05) is 26.4 Å². The lowest BCUT2D eigenvalue weighted by atomic mass is 10.3. The summed E-state index contributed by atoms with van der Waals surface area (Å²) in [6.45, 7) is -0.544. The van der Waals surface area contributed by atoms with E-state index in [1.54, 1.807) is 59.3 Å². The number of carbonyl (C=O) groups excluding carboxylic acids is 2. The summed E-state index contributed by atoms with van der Waals surface area (Å²) in [5, 5.41) is 23.5. The van der Waals surface area contributed by atoms with Crippen LogP contribution in [0, 0.1) is 0 Å². The second-order valence-corrected chi connectivity index (χ2v) is 8.45. The van der Waals surface area contributed by atoms with Crippen molar-refractivity contribution in [3.05, 3.63) is 69.0 Å². The molecule has 0 radical (unpaired) electrons. The van der Waals surface area contributed by atoms with Gasteiger partial charge in [0.15, 0.2) is 0 Å². The number of carbonyl (C=O) groups is 2. The van der Waals surface area contributed by atoms with Crippen molar-refractivity contribution in [2.45, 2.75) is 12.2 Å². The first-order valence-corrected chi connectivity index (χ1v) is 11.4. The van der Waals surface area contributed by atoms with Crippen molar-refractivity contribution in [2.24, 2.45) is 0 Å². The molecular formula is C22H22O8S2. The standard InChI is InChI=1S/C22H22O8S2/c23-15(13-29-21(25)19-6-2-8-31-19)11-27-17-4-1-5-18(10-17)28-12-16(24)14-30-22(26)20-7-3-9-32-20/h1-10,15-16,23-24H,11-14H2. The van der Waals surface area contributed by atoms with E-state index >= 15 is 0 Å². The molecule has 0 saturated carbocycles. The molecule has 2 unspecified atom stereocenters. The Kier molecular flexibility index (Phi) is 9.05. The average molecular weight is 479 g/mol. The van der Waals surface area contributed by atoms with Crippen LogP contribution in [0.25, 0.3) is 0 Å². The number of esters is 2. The van der Waals surface area contributed by atoms with Crippen LogP contribution in [0.1, 0.15) is 19.3 Å². The molecule has 0 bridgehead atoms. The molecule has 8 nitrogen and oxygen atoms in total. The molecule has 2 aromatic heterocycles. The number of thiophene rings is 2. The van der Waals surface area contributed by atoms with Crippen LogP contribution < -0.4 is 9.47 Å². The smallest absolute Gasteiger partial charge is 0.348 e. The highest BCUT2D eigenvalue weighted by molar-refractivity contribution is 7.12. The molecule has 10 heteroatoms. The van der Waals surface area contributed by atoms with Gasteiger partial charge in [0.05, 0.1) is 0 Å². The molecule has 3 rings (SSSR count). The summed E-state index contributed by atoms with van der Waals surface area (Å²) in [6, 6.07) is 13.4. The highest BCUT2D eigenvalue weighted by Crippen LogP contribution is 2.20. The van der Waals surface area contributed by atoms with Crippen LogP contribution >= 0.6 is 22.7 Å². The molecule has 2 N–H and O–H groups in total. The first-order chi connectivity index (χ1) is 15.5. The van der Waals surface area contributed by atoms with Crippen LogP contribution in [0.5, 0.6) is 11.5 Å². The molecule has 0 amide bonds. The van der Waals surface area contributed by atoms with Gasteiger partial charge >= 0.3 is 11.9 Å². The van der Waals surface area contributed by atoms with E-state index in [-0.39, 0.29) is 26.4 Å². The number of benzene rings is 1. The SMILES string of the molecule is O=C(OCC(O)COc1cccc(OCC(O)COC(=O)c2cccs2)c1)c1cccs1. The third-order valence-electron chi connectivity index (χ3n) is 3.95. The van der Waals surface area contributed by atoms with Gasteiger partial charge in [-0.3, -0.25) is 0 Å². The van der Waals surface area contributed by atoms with E-state index in [2.05, 4.69) is 0 Å². The molecule has 3 aromatic rings. The van der Waals surface area contributed by atoms with Crippen molar-refractivity contribution < 1.29 is 38.7 Å². The monoisotopic (exact) mass is 478 g/mol. The highest BCUT2D eigenvalue weighted by atomic mass is 32.1. The summed E-state index contributed by atoms with van der Waals surface area (Å²) in [4.78, 5) is 24.5. The minimum absolute atomic E-state index is 0.0809. The van der Waals surface area contributed by atoms with Gasteiger partial charge in [0, 0.05) is 6.07 Å². The van der Waals surface area contributed by atoms with Crippen LogP contribution in [0.4, 0.5) is 0 Å². The molecule has 0 saturated heterocycles. The first kappa shape index (κ1) is 23.7. The van der Waals surface area contributed by atoms with Crippen LogP contribution in [0.15, 0.2) is 59.3 Å². The molecule has 32 heavy (non-hydrogen) atoms. The summed E-state index contributed by atoms with van der Waals surface area (Å²) in [5.74, 6) is -0.113. The Morgan fingerprint density at radius 2 is 1.19 bits per heavy atom. The Balaban J connectivity index is 1.36. The van der Waals surface area contributed by atoms with Gasteiger partial charge < -0.3 is 29.2 Å². The lowest BCUT2D eigenvalue weighted by Gasteiger charge is -2.15. The maximum Gasteiger partial charge on any atom is 0.348 e. The highest BCUT2D eigenvalue weighted by Gasteiger charge is 2.14. The van der Waals surface area contributed by atoms with Gasteiger partial charge in [-0.25, -0.2) is 9.59 Å². The number of rotatable bonds is 12. The van der Waals surface area contributed by atoms with Gasteiger partial charge in [-0.1, -0.05) is 18.2 Å².